The average molecular weight is 400 g/mol. The van der Waals surface area contributed by atoms with Crippen LogP contribution in [0.15, 0.2) is 35.5 Å². The van der Waals surface area contributed by atoms with Gasteiger partial charge in [-0.3, -0.25) is 4.79 Å². The van der Waals surface area contributed by atoms with E-state index < -0.39 is 0 Å². The van der Waals surface area contributed by atoms with E-state index in [2.05, 4.69) is 50.9 Å². The van der Waals surface area contributed by atoms with Crippen LogP contribution in [-0.4, -0.2) is 68.4 Å². The highest BCUT2D eigenvalue weighted by molar-refractivity contribution is 8.00. The maximum atomic E-state index is 12.9. The Morgan fingerprint density at radius 1 is 1.14 bits per heavy atom. The number of hydrogen-bond acceptors (Lipinski definition) is 5. The fraction of sp³-hybridized carbons (Fsp3) is 0.571. The average Bonchev–Trinajstić information content (AvgIpc) is 3.51. The highest BCUT2D eigenvalue weighted by Crippen LogP contribution is 2.40. The van der Waals surface area contributed by atoms with Crippen molar-refractivity contribution in [3.63, 3.8) is 0 Å². The van der Waals surface area contributed by atoms with Crippen LogP contribution in [0.4, 0.5) is 0 Å². The summed E-state index contributed by atoms with van der Waals surface area (Å²) < 4.78 is 2.22. The third-order valence-corrected chi connectivity index (χ3v) is 6.70. The SMILES string of the molecule is CCN1CCN(C(=O)[C@H](C)Sc2nnc(C3CC3)n2Cc2ccccc2)CC1. The Balaban J connectivity index is 1.46. The first-order chi connectivity index (χ1) is 13.7. The van der Waals surface area contributed by atoms with Crippen LogP contribution in [0.5, 0.6) is 0 Å². The molecule has 1 saturated carbocycles. The summed E-state index contributed by atoms with van der Waals surface area (Å²) in [5, 5.41) is 9.65. The molecule has 7 heteroatoms. The molecule has 1 aromatic carbocycles. The van der Waals surface area contributed by atoms with Gasteiger partial charge in [-0.2, -0.15) is 0 Å². The molecule has 2 aromatic rings. The molecule has 0 spiro atoms. The number of carbonyl (C=O) groups is 1. The van der Waals surface area contributed by atoms with Crippen molar-refractivity contribution in [3.05, 3.63) is 41.7 Å². The lowest BCUT2D eigenvalue weighted by atomic mass is 10.2. The van der Waals surface area contributed by atoms with Gasteiger partial charge in [0.15, 0.2) is 5.16 Å². The van der Waals surface area contributed by atoms with Crippen molar-refractivity contribution in [3.8, 4) is 0 Å². The van der Waals surface area contributed by atoms with Crippen LogP contribution in [0, 0.1) is 0 Å². The molecule has 1 aromatic heterocycles. The molecule has 1 saturated heterocycles. The molecule has 0 unspecified atom stereocenters. The van der Waals surface area contributed by atoms with Crippen molar-refractivity contribution in [2.45, 2.75) is 49.6 Å². The van der Waals surface area contributed by atoms with E-state index in [9.17, 15) is 4.79 Å². The van der Waals surface area contributed by atoms with Gasteiger partial charge < -0.3 is 14.4 Å². The molecule has 1 aliphatic carbocycles. The first-order valence-electron chi connectivity index (χ1n) is 10.3. The Kier molecular flexibility index (Phi) is 6.01. The lowest BCUT2D eigenvalue weighted by Crippen LogP contribution is -2.50. The Morgan fingerprint density at radius 3 is 2.50 bits per heavy atom. The van der Waals surface area contributed by atoms with Crippen molar-refractivity contribution < 1.29 is 4.79 Å². The fourth-order valence-electron chi connectivity index (χ4n) is 3.70. The molecule has 1 aliphatic heterocycles. The number of aromatic nitrogens is 3. The van der Waals surface area contributed by atoms with Crippen LogP contribution in [-0.2, 0) is 11.3 Å². The maximum Gasteiger partial charge on any atom is 0.235 e. The van der Waals surface area contributed by atoms with Crippen molar-refractivity contribution in [2.24, 2.45) is 0 Å². The lowest BCUT2D eigenvalue weighted by Gasteiger charge is -2.35. The van der Waals surface area contributed by atoms with Crippen molar-refractivity contribution in [2.75, 3.05) is 32.7 Å². The number of carbonyl (C=O) groups excluding carboxylic acids is 1. The van der Waals surface area contributed by atoms with Crippen LogP contribution in [0.25, 0.3) is 0 Å². The van der Waals surface area contributed by atoms with Gasteiger partial charge in [0.2, 0.25) is 5.91 Å². The Labute approximate surface area is 171 Å². The van der Waals surface area contributed by atoms with Gasteiger partial charge >= 0.3 is 0 Å². The van der Waals surface area contributed by atoms with Gasteiger partial charge in [-0.05, 0) is 31.9 Å². The molecule has 0 N–H and O–H groups in total. The first kappa shape index (κ1) is 19.5. The molecular formula is C21H29N5OS. The summed E-state index contributed by atoms with van der Waals surface area (Å²) in [6.07, 6.45) is 2.38. The summed E-state index contributed by atoms with van der Waals surface area (Å²) in [6.45, 7) is 9.57. The van der Waals surface area contributed by atoms with Crippen LogP contribution < -0.4 is 0 Å². The zero-order valence-electron chi connectivity index (χ0n) is 16.8. The number of benzene rings is 1. The van der Waals surface area contributed by atoms with Gasteiger partial charge in [0.1, 0.15) is 5.82 Å². The van der Waals surface area contributed by atoms with Gasteiger partial charge in [-0.1, -0.05) is 49.0 Å². The van der Waals surface area contributed by atoms with Gasteiger partial charge in [-0.15, -0.1) is 10.2 Å². The van der Waals surface area contributed by atoms with E-state index in [0.29, 0.717) is 5.92 Å². The number of amides is 1. The van der Waals surface area contributed by atoms with E-state index in [1.807, 2.05) is 17.9 Å². The number of likely N-dealkylation sites (N-methyl/N-ethyl adjacent to an activating group) is 1. The summed E-state index contributed by atoms with van der Waals surface area (Å²) in [5.41, 5.74) is 1.24. The van der Waals surface area contributed by atoms with E-state index in [4.69, 9.17) is 0 Å². The van der Waals surface area contributed by atoms with Crippen molar-refractivity contribution in [1.82, 2.24) is 24.6 Å². The largest absolute Gasteiger partial charge is 0.339 e. The first-order valence-corrected chi connectivity index (χ1v) is 11.2. The van der Waals surface area contributed by atoms with Crippen LogP contribution >= 0.6 is 11.8 Å². The minimum Gasteiger partial charge on any atom is -0.339 e. The summed E-state index contributed by atoms with van der Waals surface area (Å²) in [5.74, 6) is 1.81. The Hall–Kier alpha value is -1.86. The molecule has 1 amide bonds. The minimum atomic E-state index is -0.154. The third-order valence-electron chi connectivity index (χ3n) is 5.63. The van der Waals surface area contributed by atoms with Crippen LogP contribution in [0.1, 0.15) is 44.0 Å². The van der Waals surface area contributed by atoms with Crippen LogP contribution in [0.3, 0.4) is 0 Å². The normalized spacial score (nSPS) is 19.0. The molecular weight excluding hydrogens is 370 g/mol. The second kappa shape index (κ2) is 8.66. The monoisotopic (exact) mass is 399 g/mol. The topological polar surface area (TPSA) is 54.3 Å². The fourth-order valence-corrected chi connectivity index (χ4v) is 4.63. The molecule has 1 atom stereocenters. The van der Waals surface area contributed by atoms with Crippen molar-refractivity contribution >= 4 is 17.7 Å². The Bertz CT molecular complexity index is 796. The molecule has 0 radical (unpaired) electrons. The molecule has 2 fully saturated rings. The lowest BCUT2D eigenvalue weighted by molar-refractivity contribution is -0.132. The summed E-state index contributed by atoms with van der Waals surface area (Å²) in [6, 6.07) is 10.4. The highest BCUT2D eigenvalue weighted by atomic mass is 32.2. The molecule has 0 bridgehead atoms. The van der Waals surface area contributed by atoms with E-state index in [1.165, 1.54) is 18.4 Å². The standard InChI is InChI=1S/C21H29N5OS/c1-3-24-11-13-25(14-12-24)20(27)16(2)28-21-23-22-19(18-9-10-18)26(21)15-17-7-5-4-6-8-17/h4-8,16,18H,3,9-15H2,1-2H3/t16-/m0/s1. The van der Waals surface area contributed by atoms with Gasteiger partial charge in [0, 0.05) is 32.1 Å². The van der Waals surface area contributed by atoms with Crippen LogP contribution in [0.2, 0.25) is 0 Å². The number of hydrogen-bond donors (Lipinski definition) is 0. The molecule has 28 heavy (non-hydrogen) atoms. The quantitative estimate of drug-likeness (QED) is 0.670. The third kappa shape index (κ3) is 4.41. The smallest absolute Gasteiger partial charge is 0.235 e. The molecule has 2 heterocycles. The van der Waals surface area contributed by atoms with E-state index in [-0.39, 0.29) is 11.2 Å². The zero-order valence-corrected chi connectivity index (χ0v) is 17.6. The van der Waals surface area contributed by atoms with Gasteiger partial charge in [0.05, 0.1) is 11.8 Å². The second-order valence-electron chi connectivity index (χ2n) is 7.71. The molecule has 6 nitrogen and oxygen atoms in total. The zero-order chi connectivity index (χ0) is 19.5. The molecule has 4 rings (SSSR count). The maximum absolute atomic E-state index is 12.9. The van der Waals surface area contributed by atoms with Crippen molar-refractivity contribution in [1.29, 1.82) is 0 Å². The summed E-state index contributed by atoms with van der Waals surface area (Å²) >= 11 is 1.55. The highest BCUT2D eigenvalue weighted by Gasteiger charge is 2.32. The number of piperazine rings is 1. The minimum absolute atomic E-state index is 0.154. The number of rotatable bonds is 7. The Morgan fingerprint density at radius 2 is 1.86 bits per heavy atom. The van der Waals surface area contributed by atoms with Gasteiger partial charge in [-0.25, -0.2) is 0 Å². The number of thioether (sulfide) groups is 1. The van der Waals surface area contributed by atoms with E-state index >= 15 is 0 Å². The van der Waals surface area contributed by atoms with E-state index in [1.54, 1.807) is 11.8 Å². The summed E-state index contributed by atoms with van der Waals surface area (Å²) in [4.78, 5) is 17.3. The predicted octanol–water partition coefficient (Wildman–Crippen LogP) is 2.85. The summed E-state index contributed by atoms with van der Waals surface area (Å²) in [7, 11) is 0. The van der Waals surface area contributed by atoms with E-state index in [0.717, 1.165) is 50.2 Å². The predicted molar refractivity (Wildman–Crippen MR) is 112 cm³/mol. The second-order valence-corrected chi connectivity index (χ2v) is 9.01. The van der Waals surface area contributed by atoms with Gasteiger partial charge in [0.25, 0.3) is 0 Å². The number of nitrogens with zero attached hydrogens (tertiary/aromatic N) is 5. The molecule has 2 aliphatic rings. The molecule has 150 valence electrons.